The van der Waals surface area contributed by atoms with Crippen LogP contribution in [-0.2, 0) is 0 Å². The Kier molecular flexibility index (Phi) is 5.41. The van der Waals surface area contributed by atoms with Crippen molar-refractivity contribution in [1.82, 2.24) is 10.2 Å². The van der Waals surface area contributed by atoms with Gasteiger partial charge in [-0.15, -0.1) is 0 Å². The zero-order valence-corrected chi connectivity index (χ0v) is 15.3. The Morgan fingerprint density at radius 1 is 1.05 bits per heavy atom. The van der Waals surface area contributed by atoms with E-state index in [9.17, 15) is 0 Å². The number of nitrogens with one attached hydrogen (secondary N) is 1. The Labute approximate surface area is 133 Å². The first-order chi connectivity index (χ1) is 9.73. The van der Waals surface area contributed by atoms with E-state index in [1.807, 2.05) is 0 Å². The summed E-state index contributed by atoms with van der Waals surface area (Å²) in [6, 6.07) is 1.45. The lowest BCUT2D eigenvalue weighted by atomic mass is 9.72. The molecule has 0 aromatic carbocycles. The van der Waals surface area contributed by atoms with Gasteiger partial charge >= 0.3 is 0 Å². The van der Waals surface area contributed by atoms with Gasteiger partial charge in [-0.1, -0.05) is 34.6 Å². The molecule has 0 amide bonds. The lowest BCUT2D eigenvalue weighted by Crippen LogP contribution is -2.54. The van der Waals surface area contributed by atoms with Gasteiger partial charge in [0.25, 0.3) is 0 Å². The summed E-state index contributed by atoms with van der Waals surface area (Å²) >= 11 is 0. The molecule has 0 radical (unpaired) electrons. The van der Waals surface area contributed by atoms with Gasteiger partial charge in [-0.25, -0.2) is 0 Å². The summed E-state index contributed by atoms with van der Waals surface area (Å²) in [7, 11) is 2.16. The quantitative estimate of drug-likeness (QED) is 0.817. The van der Waals surface area contributed by atoms with Gasteiger partial charge in [0.2, 0.25) is 0 Å². The molecular weight excluding hydrogens is 256 g/mol. The predicted octanol–water partition coefficient (Wildman–Crippen LogP) is 4.30. The van der Waals surface area contributed by atoms with Crippen molar-refractivity contribution in [2.24, 2.45) is 16.7 Å². The van der Waals surface area contributed by atoms with E-state index in [0.29, 0.717) is 16.9 Å². The molecule has 1 saturated heterocycles. The SMILES string of the molecule is CNC1CCC(C)(C)CC1N1CCCC(C(C)(C)C)CC1. The van der Waals surface area contributed by atoms with Crippen molar-refractivity contribution in [2.75, 3.05) is 20.1 Å². The maximum Gasteiger partial charge on any atom is 0.0254 e. The first kappa shape index (κ1) is 17.3. The second-order valence-electron chi connectivity index (χ2n) is 9.40. The zero-order chi connectivity index (χ0) is 15.7. The molecule has 3 unspecified atom stereocenters. The monoisotopic (exact) mass is 294 g/mol. The number of hydrogen-bond acceptors (Lipinski definition) is 2. The van der Waals surface area contributed by atoms with Crippen molar-refractivity contribution >= 4 is 0 Å². The fourth-order valence-electron chi connectivity index (χ4n) is 4.59. The minimum Gasteiger partial charge on any atom is -0.315 e. The van der Waals surface area contributed by atoms with Crippen LogP contribution in [0.15, 0.2) is 0 Å². The van der Waals surface area contributed by atoms with Gasteiger partial charge in [0.1, 0.15) is 0 Å². The number of rotatable bonds is 2. The molecule has 1 aliphatic carbocycles. The standard InChI is InChI=1S/C19H38N2/c1-18(2,3)15-8-7-12-21(13-10-15)17-14-19(4,5)11-9-16(17)20-6/h15-17,20H,7-14H2,1-6H3. The van der Waals surface area contributed by atoms with E-state index in [-0.39, 0.29) is 0 Å². The number of likely N-dealkylation sites (N-methyl/N-ethyl adjacent to an activating group) is 1. The number of nitrogens with zero attached hydrogens (tertiary/aromatic N) is 1. The second kappa shape index (κ2) is 6.58. The Morgan fingerprint density at radius 3 is 2.38 bits per heavy atom. The highest BCUT2D eigenvalue weighted by Crippen LogP contribution is 2.40. The second-order valence-corrected chi connectivity index (χ2v) is 9.40. The van der Waals surface area contributed by atoms with Gasteiger partial charge in [0.05, 0.1) is 0 Å². The maximum absolute atomic E-state index is 3.61. The number of hydrogen-bond donors (Lipinski definition) is 1. The lowest BCUT2D eigenvalue weighted by molar-refractivity contribution is 0.0674. The fourth-order valence-corrected chi connectivity index (χ4v) is 4.59. The third-order valence-corrected chi connectivity index (χ3v) is 6.19. The van der Waals surface area contributed by atoms with Crippen LogP contribution in [0.3, 0.4) is 0 Å². The van der Waals surface area contributed by atoms with Crippen molar-refractivity contribution in [2.45, 2.75) is 85.2 Å². The molecule has 3 atom stereocenters. The first-order valence-corrected chi connectivity index (χ1v) is 9.14. The molecule has 0 bridgehead atoms. The minimum absolute atomic E-state index is 0.476. The van der Waals surface area contributed by atoms with Crippen LogP contribution >= 0.6 is 0 Å². The van der Waals surface area contributed by atoms with Gasteiger partial charge < -0.3 is 5.32 Å². The molecule has 1 heterocycles. The highest BCUT2D eigenvalue weighted by atomic mass is 15.2. The summed E-state index contributed by atoms with van der Waals surface area (Å²) in [5, 5.41) is 3.61. The van der Waals surface area contributed by atoms with Crippen molar-refractivity contribution in [3.05, 3.63) is 0 Å². The molecule has 0 spiro atoms. The van der Waals surface area contributed by atoms with Gasteiger partial charge in [-0.3, -0.25) is 4.90 Å². The van der Waals surface area contributed by atoms with Crippen LogP contribution in [-0.4, -0.2) is 37.1 Å². The molecule has 0 aromatic heterocycles. The van der Waals surface area contributed by atoms with Crippen LogP contribution in [0.5, 0.6) is 0 Å². The van der Waals surface area contributed by atoms with E-state index in [2.05, 4.69) is 51.9 Å². The normalized spacial score (nSPS) is 35.4. The fraction of sp³-hybridized carbons (Fsp3) is 1.00. The predicted molar refractivity (Wildman–Crippen MR) is 92.6 cm³/mol. The molecule has 2 aliphatic rings. The van der Waals surface area contributed by atoms with Crippen molar-refractivity contribution in [3.63, 3.8) is 0 Å². The third-order valence-electron chi connectivity index (χ3n) is 6.19. The largest absolute Gasteiger partial charge is 0.315 e. The summed E-state index contributed by atoms with van der Waals surface area (Å²) < 4.78 is 0. The van der Waals surface area contributed by atoms with E-state index >= 15 is 0 Å². The molecule has 1 saturated carbocycles. The summed E-state index contributed by atoms with van der Waals surface area (Å²) in [5.41, 5.74) is 0.998. The van der Waals surface area contributed by atoms with Crippen LogP contribution in [0, 0.1) is 16.7 Å². The van der Waals surface area contributed by atoms with E-state index < -0.39 is 0 Å². The minimum atomic E-state index is 0.476. The molecule has 1 N–H and O–H groups in total. The molecule has 2 heteroatoms. The van der Waals surface area contributed by atoms with Crippen LogP contribution in [0.4, 0.5) is 0 Å². The van der Waals surface area contributed by atoms with Crippen LogP contribution in [0.1, 0.15) is 73.1 Å². The molecule has 2 fully saturated rings. The lowest BCUT2D eigenvalue weighted by Gasteiger charge is -2.46. The van der Waals surface area contributed by atoms with E-state index in [1.165, 1.54) is 51.6 Å². The first-order valence-electron chi connectivity index (χ1n) is 9.14. The molecule has 1 aliphatic heterocycles. The van der Waals surface area contributed by atoms with Crippen LogP contribution < -0.4 is 5.32 Å². The van der Waals surface area contributed by atoms with E-state index in [1.54, 1.807) is 0 Å². The van der Waals surface area contributed by atoms with Gasteiger partial charge in [-0.05, 0) is 75.4 Å². The number of likely N-dealkylation sites (tertiary alicyclic amines) is 1. The summed E-state index contributed by atoms with van der Waals surface area (Å²) in [6.07, 6.45) is 8.26. The average molecular weight is 295 g/mol. The van der Waals surface area contributed by atoms with Crippen LogP contribution in [0.2, 0.25) is 0 Å². The van der Waals surface area contributed by atoms with Gasteiger partial charge in [0.15, 0.2) is 0 Å². The Bertz CT molecular complexity index is 329. The van der Waals surface area contributed by atoms with E-state index in [0.717, 1.165) is 12.0 Å². The van der Waals surface area contributed by atoms with Crippen molar-refractivity contribution in [1.29, 1.82) is 0 Å². The van der Waals surface area contributed by atoms with Gasteiger partial charge in [0, 0.05) is 12.1 Å². The molecule has 2 nitrogen and oxygen atoms in total. The zero-order valence-electron chi connectivity index (χ0n) is 15.3. The van der Waals surface area contributed by atoms with Crippen molar-refractivity contribution in [3.8, 4) is 0 Å². The molecule has 0 aromatic rings. The Balaban J connectivity index is 2.02. The smallest absolute Gasteiger partial charge is 0.0254 e. The average Bonchev–Trinajstić information content (AvgIpc) is 2.63. The Morgan fingerprint density at radius 2 is 1.76 bits per heavy atom. The molecule has 124 valence electrons. The van der Waals surface area contributed by atoms with E-state index in [4.69, 9.17) is 0 Å². The molecule has 21 heavy (non-hydrogen) atoms. The van der Waals surface area contributed by atoms with Gasteiger partial charge in [-0.2, -0.15) is 0 Å². The summed E-state index contributed by atoms with van der Waals surface area (Å²) in [6.45, 7) is 14.8. The topological polar surface area (TPSA) is 15.3 Å². The Hall–Kier alpha value is -0.0800. The summed E-state index contributed by atoms with van der Waals surface area (Å²) in [5.74, 6) is 0.895. The molecular formula is C19H38N2. The highest BCUT2D eigenvalue weighted by Gasteiger charge is 2.38. The maximum atomic E-state index is 3.61. The third kappa shape index (κ3) is 4.45. The molecule has 2 rings (SSSR count). The highest BCUT2D eigenvalue weighted by molar-refractivity contribution is 4.95. The van der Waals surface area contributed by atoms with Crippen LogP contribution in [0.25, 0.3) is 0 Å². The summed E-state index contributed by atoms with van der Waals surface area (Å²) in [4.78, 5) is 2.83. The van der Waals surface area contributed by atoms with Crippen molar-refractivity contribution < 1.29 is 0 Å².